The van der Waals surface area contributed by atoms with Gasteiger partial charge in [0.25, 0.3) is 0 Å². The minimum atomic E-state index is 0.705. The molecule has 0 radical (unpaired) electrons. The Morgan fingerprint density at radius 2 is 2.21 bits per heavy atom. The molecule has 0 aliphatic carbocycles. The number of rotatable bonds is 4. The van der Waals surface area contributed by atoms with Crippen molar-refractivity contribution < 1.29 is 0 Å². The number of imidazole rings is 1. The van der Waals surface area contributed by atoms with E-state index < -0.39 is 0 Å². The summed E-state index contributed by atoms with van der Waals surface area (Å²) in [6, 6.07) is 0. The number of nitrogens with one attached hydrogen (secondary N) is 2. The van der Waals surface area contributed by atoms with Crippen LogP contribution in [0.1, 0.15) is 6.92 Å². The molecule has 3 aromatic rings. The molecule has 0 saturated heterocycles. The molecule has 0 aromatic carbocycles. The van der Waals surface area contributed by atoms with Crippen LogP contribution in [0.15, 0.2) is 31.0 Å². The van der Waals surface area contributed by atoms with Crippen molar-refractivity contribution in [1.82, 2.24) is 24.1 Å². The van der Waals surface area contributed by atoms with Crippen LogP contribution in [-0.2, 0) is 7.05 Å². The molecule has 0 spiro atoms. The van der Waals surface area contributed by atoms with Gasteiger partial charge in [-0.15, -0.1) is 0 Å². The maximum absolute atomic E-state index is 4.52. The van der Waals surface area contributed by atoms with Gasteiger partial charge in [0, 0.05) is 32.2 Å². The summed E-state index contributed by atoms with van der Waals surface area (Å²) in [7, 11) is 1.87. The Kier molecular flexibility index (Phi) is 2.79. The average Bonchev–Trinajstić information content (AvgIpc) is 2.99. The summed E-state index contributed by atoms with van der Waals surface area (Å²) in [5.74, 6) is 1.51. The van der Waals surface area contributed by atoms with Gasteiger partial charge in [0.2, 0.25) is 0 Å². The Morgan fingerprint density at radius 1 is 1.32 bits per heavy atom. The first-order valence-corrected chi connectivity index (χ1v) is 6.09. The molecular weight excluding hydrogens is 242 g/mol. The molecule has 98 valence electrons. The third-order valence-corrected chi connectivity index (χ3v) is 2.70. The van der Waals surface area contributed by atoms with E-state index in [1.165, 1.54) is 0 Å². The van der Waals surface area contributed by atoms with Crippen LogP contribution in [0.4, 0.5) is 17.3 Å². The van der Waals surface area contributed by atoms with E-state index in [1.54, 1.807) is 17.1 Å². The first-order valence-electron chi connectivity index (χ1n) is 6.09. The molecule has 19 heavy (non-hydrogen) atoms. The molecule has 0 bridgehead atoms. The van der Waals surface area contributed by atoms with E-state index in [1.807, 2.05) is 37.0 Å². The van der Waals surface area contributed by atoms with Gasteiger partial charge in [-0.2, -0.15) is 5.10 Å². The molecule has 3 aromatic heterocycles. The number of anilines is 3. The van der Waals surface area contributed by atoms with E-state index in [0.717, 1.165) is 23.7 Å². The van der Waals surface area contributed by atoms with Crippen molar-refractivity contribution >= 4 is 23.0 Å². The lowest BCUT2D eigenvalue weighted by atomic mass is 10.5. The van der Waals surface area contributed by atoms with E-state index in [0.29, 0.717) is 5.82 Å². The van der Waals surface area contributed by atoms with Gasteiger partial charge < -0.3 is 15.0 Å². The maximum Gasteiger partial charge on any atom is 0.180 e. The topological polar surface area (TPSA) is 72.1 Å². The fourth-order valence-electron chi connectivity index (χ4n) is 1.90. The number of nitrogens with zero attached hydrogens (tertiary/aromatic N) is 5. The molecule has 7 heteroatoms. The highest BCUT2D eigenvalue weighted by atomic mass is 15.3. The first kappa shape index (κ1) is 11.5. The van der Waals surface area contributed by atoms with Crippen LogP contribution < -0.4 is 10.6 Å². The van der Waals surface area contributed by atoms with Gasteiger partial charge in [-0.1, -0.05) is 0 Å². The predicted molar refractivity (Wildman–Crippen MR) is 73.6 cm³/mol. The lowest BCUT2D eigenvalue weighted by Gasteiger charge is -2.08. The Morgan fingerprint density at radius 3 is 2.95 bits per heavy atom. The molecule has 3 rings (SSSR count). The van der Waals surface area contributed by atoms with Crippen LogP contribution in [0, 0.1) is 0 Å². The van der Waals surface area contributed by atoms with Crippen molar-refractivity contribution in [1.29, 1.82) is 0 Å². The van der Waals surface area contributed by atoms with E-state index in [2.05, 4.69) is 25.7 Å². The van der Waals surface area contributed by atoms with Gasteiger partial charge in [-0.05, 0) is 6.92 Å². The third kappa shape index (κ3) is 2.22. The minimum absolute atomic E-state index is 0.705. The van der Waals surface area contributed by atoms with E-state index in [4.69, 9.17) is 0 Å². The molecule has 0 atom stereocenters. The van der Waals surface area contributed by atoms with Crippen molar-refractivity contribution in [2.75, 3.05) is 17.2 Å². The number of hydrogen-bond donors (Lipinski definition) is 2. The first-order chi connectivity index (χ1) is 9.26. The Hall–Kier alpha value is -2.57. The van der Waals surface area contributed by atoms with Gasteiger partial charge in [0.15, 0.2) is 11.5 Å². The van der Waals surface area contributed by atoms with Crippen LogP contribution in [-0.4, -0.2) is 30.7 Å². The zero-order valence-corrected chi connectivity index (χ0v) is 10.8. The lowest BCUT2D eigenvalue weighted by molar-refractivity contribution is 0.768. The van der Waals surface area contributed by atoms with Crippen LogP contribution in [0.5, 0.6) is 0 Å². The molecule has 0 aliphatic rings. The smallest absolute Gasteiger partial charge is 0.180 e. The van der Waals surface area contributed by atoms with Gasteiger partial charge in [0.1, 0.15) is 5.82 Å². The fourth-order valence-corrected chi connectivity index (χ4v) is 1.90. The van der Waals surface area contributed by atoms with Gasteiger partial charge >= 0.3 is 0 Å². The average molecular weight is 257 g/mol. The molecule has 0 aliphatic heterocycles. The summed E-state index contributed by atoms with van der Waals surface area (Å²) in [4.78, 5) is 8.83. The summed E-state index contributed by atoms with van der Waals surface area (Å²) < 4.78 is 3.67. The summed E-state index contributed by atoms with van der Waals surface area (Å²) in [6.07, 6.45) is 9.20. The zero-order valence-electron chi connectivity index (χ0n) is 10.8. The highest BCUT2D eigenvalue weighted by Gasteiger charge is 2.08. The third-order valence-electron chi connectivity index (χ3n) is 2.70. The van der Waals surface area contributed by atoms with Crippen LogP contribution in [0.3, 0.4) is 0 Å². The SMILES string of the molecule is CCNc1cn2ccnc2c(Nc2cnn(C)c2)n1. The monoisotopic (exact) mass is 257 g/mol. The van der Waals surface area contributed by atoms with Gasteiger partial charge in [0.05, 0.1) is 18.1 Å². The normalized spacial score (nSPS) is 10.8. The molecular formula is C12H15N7. The summed E-state index contributed by atoms with van der Waals surface area (Å²) in [5, 5.41) is 10.6. The van der Waals surface area contributed by atoms with Crippen molar-refractivity contribution in [3.8, 4) is 0 Å². The van der Waals surface area contributed by atoms with Crippen molar-refractivity contribution in [2.45, 2.75) is 6.92 Å². The second-order valence-electron chi connectivity index (χ2n) is 4.19. The van der Waals surface area contributed by atoms with Crippen molar-refractivity contribution in [3.05, 3.63) is 31.0 Å². The zero-order chi connectivity index (χ0) is 13.2. The Balaban J connectivity index is 2.02. The summed E-state index contributed by atoms with van der Waals surface area (Å²) in [5.41, 5.74) is 1.67. The number of aryl methyl sites for hydroxylation is 1. The predicted octanol–water partition coefficient (Wildman–Crippen LogP) is 1.64. The number of aromatic nitrogens is 5. The molecule has 3 heterocycles. The highest BCUT2D eigenvalue weighted by molar-refractivity contribution is 5.71. The van der Waals surface area contributed by atoms with Crippen LogP contribution in [0.25, 0.3) is 5.65 Å². The molecule has 0 saturated carbocycles. The number of hydrogen-bond acceptors (Lipinski definition) is 5. The molecule has 7 nitrogen and oxygen atoms in total. The molecule has 0 fully saturated rings. The van der Waals surface area contributed by atoms with Crippen LogP contribution in [0.2, 0.25) is 0 Å². The Bertz CT molecular complexity index is 697. The van der Waals surface area contributed by atoms with Gasteiger partial charge in [-0.3, -0.25) is 4.68 Å². The Labute approximate surface area is 110 Å². The molecule has 0 amide bonds. The van der Waals surface area contributed by atoms with Gasteiger partial charge in [-0.25, -0.2) is 9.97 Å². The van der Waals surface area contributed by atoms with Crippen LogP contribution >= 0.6 is 0 Å². The minimum Gasteiger partial charge on any atom is -0.369 e. The molecule has 0 unspecified atom stereocenters. The second-order valence-corrected chi connectivity index (χ2v) is 4.19. The van der Waals surface area contributed by atoms with E-state index in [-0.39, 0.29) is 0 Å². The van der Waals surface area contributed by atoms with E-state index >= 15 is 0 Å². The number of fused-ring (bicyclic) bond motifs is 1. The summed E-state index contributed by atoms with van der Waals surface area (Å²) >= 11 is 0. The maximum atomic E-state index is 4.52. The molecule has 2 N–H and O–H groups in total. The standard InChI is InChI=1S/C12H15N7/c1-3-13-10-8-19-5-4-14-12(19)11(17-10)16-9-6-15-18(2)7-9/h4-8,13H,3H2,1-2H3,(H,16,17). The lowest BCUT2D eigenvalue weighted by Crippen LogP contribution is -2.04. The quantitative estimate of drug-likeness (QED) is 0.743. The second kappa shape index (κ2) is 4.60. The largest absolute Gasteiger partial charge is 0.369 e. The van der Waals surface area contributed by atoms with E-state index in [9.17, 15) is 0 Å². The van der Waals surface area contributed by atoms with Crippen molar-refractivity contribution in [3.63, 3.8) is 0 Å². The highest BCUT2D eigenvalue weighted by Crippen LogP contribution is 2.20. The van der Waals surface area contributed by atoms with Crippen molar-refractivity contribution in [2.24, 2.45) is 7.05 Å². The fraction of sp³-hybridized carbons (Fsp3) is 0.250. The summed E-state index contributed by atoms with van der Waals surface area (Å²) in [6.45, 7) is 2.85.